The second kappa shape index (κ2) is 13.2. The highest BCUT2D eigenvalue weighted by molar-refractivity contribution is 8.14. The Morgan fingerprint density at radius 2 is 1.72 bits per heavy atom. The molecule has 0 aromatic carbocycles. The molecule has 1 fully saturated rings. The molecule has 0 saturated carbocycles. The van der Waals surface area contributed by atoms with E-state index in [0.717, 1.165) is 37.4 Å². The molecular formula is C15H29NO10S3. The monoisotopic (exact) mass is 479 g/mol. The van der Waals surface area contributed by atoms with Crippen LogP contribution in [0.15, 0.2) is 5.16 Å². The lowest BCUT2D eigenvalue weighted by Gasteiger charge is -2.39. The van der Waals surface area contributed by atoms with Gasteiger partial charge in [-0.15, -0.1) is 0 Å². The zero-order chi connectivity index (χ0) is 22.0. The maximum atomic E-state index is 11.0. The van der Waals surface area contributed by atoms with Gasteiger partial charge < -0.3 is 25.2 Å². The molecule has 1 rings (SSSR count). The average molecular weight is 480 g/mol. The number of aliphatic hydroxyl groups excluding tert-OH is 4. The van der Waals surface area contributed by atoms with Crippen LogP contribution in [-0.4, -0.2) is 91.1 Å². The van der Waals surface area contributed by atoms with Gasteiger partial charge in [0, 0.05) is 22.8 Å². The Bertz CT molecular complexity index is 642. The van der Waals surface area contributed by atoms with Crippen molar-refractivity contribution in [2.24, 2.45) is 5.16 Å². The molecule has 0 amide bonds. The number of hydrogen-bond acceptors (Lipinski definition) is 11. The van der Waals surface area contributed by atoms with Crippen LogP contribution in [0, 0.1) is 0 Å². The summed E-state index contributed by atoms with van der Waals surface area (Å²) in [6, 6.07) is 0. The number of ether oxygens (including phenoxy) is 1. The maximum absolute atomic E-state index is 11.0. The van der Waals surface area contributed by atoms with E-state index in [4.69, 9.17) is 9.29 Å². The highest BCUT2D eigenvalue weighted by Gasteiger charge is 2.44. The van der Waals surface area contributed by atoms with Crippen LogP contribution in [0.2, 0.25) is 0 Å². The largest absolute Gasteiger partial charge is 0.466 e. The van der Waals surface area contributed by atoms with E-state index in [2.05, 4.69) is 9.44 Å². The Hall–Kier alpha value is -0.320. The number of unbranched alkanes of at least 4 members (excludes halogenated alkanes) is 4. The van der Waals surface area contributed by atoms with Gasteiger partial charge in [0.25, 0.3) is 0 Å². The number of hydrogen-bond donors (Lipinski definition) is 5. The van der Waals surface area contributed by atoms with E-state index >= 15 is 0 Å². The van der Waals surface area contributed by atoms with Gasteiger partial charge in [-0.2, -0.15) is 8.42 Å². The van der Waals surface area contributed by atoms with E-state index in [1.54, 1.807) is 6.26 Å². The van der Waals surface area contributed by atoms with Crippen molar-refractivity contribution in [2.75, 3.05) is 18.6 Å². The summed E-state index contributed by atoms with van der Waals surface area (Å²) >= 11 is 0.766. The van der Waals surface area contributed by atoms with Crippen LogP contribution in [-0.2, 0) is 30.2 Å². The van der Waals surface area contributed by atoms with E-state index in [1.807, 2.05) is 0 Å². The second-order valence-electron chi connectivity index (χ2n) is 6.60. The molecule has 1 aliphatic heterocycles. The van der Waals surface area contributed by atoms with Gasteiger partial charge in [-0.3, -0.25) is 8.76 Å². The first-order valence-electron chi connectivity index (χ1n) is 9.05. The fourth-order valence-electron chi connectivity index (χ4n) is 2.63. The van der Waals surface area contributed by atoms with Gasteiger partial charge in [0.05, 0.1) is 6.61 Å². The van der Waals surface area contributed by atoms with E-state index in [1.165, 1.54) is 0 Å². The number of aliphatic hydroxyl groups is 4. The molecule has 29 heavy (non-hydrogen) atoms. The predicted octanol–water partition coefficient (Wildman–Crippen LogP) is -0.628. The van der Waals surface area contributed by atoms with Crippen LogP contribution >= 0.6 is 11.8 Å². The fourth-order valence-corrected chi connectivity index (χ4v) is 4.58. The number of thioether (sulfide) groups is 1. The number of oxime groups is 1. The molecule has 0 aromatic rings. The first-order chi connectivity index (χ1) is 13.5. The number of rotatable bonds is 12. The van der Waals surface area contributed by atoms with Crippen LogP contribution in [0.4, 0.5) is 0 Å². The molecule has 0 aromatic heterocycles. The molecule has 1 heterocycles. The Balaban J connectivity index is 2.64. The molecule has 1 saturated heterocycles. The van der Waals surface area contributed by atoms with E-state index in [9.17, 15) is 33.1 Å². The zero-order valence-corrected chi connectivity index (χ0v) is 18.4. The van der Waals surface area contributed by atoms with Crippen molar-refractivity contribution < 1.29 is 46.6 Å². The zero-order valence-electron chi connectivity index (χ0n) is 16.0. The molecule has 1 aliphatic rings. The second-order valence-corrected chi connectivity index (χ2v) is 10.3. The summed E-state index contributed by atoms with van der Waals surface area (Å²) in [4.78, 5) is 0. The molecule has 0 aliphatic carbocycles. The standard InChI is InChI=1S/C15H29NO10S3/c1-28(21)8-6-4-2-3-5-7-11(16-26-29(22,23)24)27-15-14(20)13(19)12(18)10(9-17)25-15/h10,12-15,17-20H,2-9H2,1H3,(H,22,23,24)/b16-11+/t10-,12-,13+,14-,15+,28-/m1/s1. The van der Waals surface area contributed by atoms with Crippen molar-refractivity contribution in [2.45, 2.75) is 68.4 Å². The SMILES string of the molecule is C[S@@](=O)CCCCCCC/C(=N\OS(=O)(=O)O)S[C@@H]1O[C@H](CO)[C@@H](O)[C@H](O)[C@H]1O. The molecule has 0 spiro atoms. The third-order valence-corrected chi connectivity index (χ3v) is 6.46. The van der Waals surface area contributed by atoms with Crippen molar-refractivity contribution in [1.82, 2.24) is 0 Å². The summed E-state index contributed by atoms with van der Waals surface area (Å²) in [5.41, 5.74) is -1.14. The van der Waals surface area contributed by atoms with Gasteiger partial charge >= 0.3 is 10.4 Å². The highest BCUT2D eigenvalue weighted by atomic mass is 32.3. The summed E-state index contributed by atoms with van der Waals surface area (Å²) in [6.45, 7) is -0.599. The Morgan fingerprint density at radius 3 is 2.31 bits per heavy atom. The minimum Gasteiger partial charge on any atom is -0.394 e. The van der Waals surface area contributed by atoms with Gasteiger partial charge in [-0.1, -0.05) is 36.2 Å². The predicted molar refractivity (Wildman–Crippen MR) is 108 cm³/mol. The van der Waals surface area contributed by atoms with Crippen molar-refractivity contribution >= 4 is 38.0 Å². The van der Waals surface area contributed by atoms with E-state index < -0.39 is 57.7 Å². The van der Waals surface area contributed by atoms with Gasteiger partial charge in [0.1, 0.15) is 34.9 Å². The quantitative estimate of drug-likeness (QED) is 0.0789. The lowest BCUT2D eigenvalue weighted by molar-refractivity contribution is -0.205. The number of nitrogens with zero attached hydrogens (tertiary/aromatic N) is 1. The van der Waals surface area contributed by atoms with Gasteiger partial charge in [-0.25, -0.2) is 4.28 Å². The normalized spacial score (nSPS) is 29.6. The smallest absolute Gasteiger partial charge is 0.394 e. The molecule has 11 nitrogen and oxygen atoms in total. The summed E-state index contributed by atoms with van der Waals surface area (Å²) in [6.07, 6.45) is 0.136. The minimum absolute atomic E-state index is 0.0848. The van der Waals surface area contributed by atoms with Crippen molar-refractivity contribution in [3.63, 3.8) is 0 Å². The van der Waals surface area contributed by atoms with E-state index in [-0.39, 0.29) is 11.5 Å². The maximum Gasteiger partial charge on any atom is 0.466 e. The Labute approximate surface area is 176 Å². The lowest BCUT2D eigenvalue weighted by Crippen LogP contribution is -2.57. The summed E-state index contributed by atoms with van der Waals surface area (Å²) in [7, 11) is -5.64. The third-order valence-electron chi connectivity index (χ3n) is 4.16. The molecule has 172 valence electrons. The van der Waals surface area contributed by atoms with Crippen LogP contribution in [0.5, 0.6) is 0 Å². The van der Waals surface area contributed by atoms with Gasteiger partial charge in [0.2, 0.25) is 0 Å². The molecule has 5 N–H and O–H groups in total. The molecule has 0 radical (unpaired) electrons. The summed E-state index contributed by atoms with van der Waals surface area (Å²) in [5.74, 6) is 0.641. The molecule has 14 heteroatoms. The van der Waals surface area contributed by atoms with Crippen LogP contribution < -0.4 is 0 Å². The van der Waals surface area contributed by atoms with Crippen molar-refractivity contribution in [1.29, 1.82) is 0 Å². The first-order valence-corrected chi connectivity index (χ1v) is 13.0. The van der Waals surface area contributed by atoms with Crippen LogP contribution in [0.1, 0.15) is 38.5 Å². The molecule has 0 bridgehead atoms. The topological polar surface area (TPSA) is 183 Å². The Kier molecular flexibility index (Phi) is 12.1. The van der Waals surface area contributed by atoms with Crippen LogP contribution in [0.25, 0.3) is 0 Å². The third kappa shape index (κ3) is 10.5. The lowest BCUT2D eigenvalue weighted by atomic mass is 10.0. The molecule has 6 atom stereocenters. The van der Waals surface area contributed by atoms with E-state index in [0.29, 0.717) is 12.2 Å². The minimum atomic E-state index is -4.82. The van der Waals surface area contributed by atoms with Crippen LogP contribution in [0.3, 0.4) is 0 Å². The van der Waals surface area contributed by atoms with Crippen molar-refractivity contribution in [3.05, 3.63) is 0 Å². The van der Waals surface area contributed by atoms with Gasteiger partial charge in [0.15, 0.2) is 0 Å². The van der Waals surface area contributed by atoms with Gasteiger partial charge in [-0.05, 0) is 19.3 Å². The first kappa shape index (κ1) is 26.7. The summed E-state index contributed by atoms with van der Waals surface area (Å²) < 4.78 is 50.7. The highest BCUT2D eigenvalue weighted by Crippen LogP contribution is 2.30. The molecule has 0 unspecified atom stereocenters. The molecular weight excluding hydrogens is 450 g/mol. The average Bonchev–Trinajstić information content (AvgIpc) is 2.64. The summed E-state index contributed by atoms with van der Waals surface area (Å²) in [5, 5.41) is 42.4. The van der Waals surface area contributed by atoms with Crippen molar-refractivity contribution in [3.8, 4) is 0 Å². The Morgan fingerprint density at radius 1 is 1.10 bits per heavy atom. The fraction of sp³-hybridized carbons (Fsp3) is 0.933.